The number of amides is 1. The van der Waals surface area contributed by atoms with Crippen LogP contribution < -0.4 is 5.73 Å². The molecule has 0 spiro atoms. The summed E-state index contributed by atoms with van der Waals surface area (Å²) in [5.41, 5.74) is 6.36. The Morgan fingerprint density at radius 2 is 2.45 bits per heavy atom. The number of carbonyl (C=O) groups is 1. The molecule has 60 valence electrons. The van der Waals surface area contributed by atoms with Crippen LogP contribution in [0.5, 0.6) is 0 Å². The molecule has 1 aromatic heterocycles. The molecule has 11 heavy (non-hydrogen) atoms. The summed E-state index contributed by atoms with van der Waals surface area (Å²) in [6.45, 7) is 1.96. The highest BCUT2D eigenvalue weighted by Crippen LogP contribution is 2.05. The molecular formula is C7H11N3O. The average molecular weight is 153 g/mol. The van der Waals surface area contributed by atoms with E-state index >= 15 is 0 Å². The molecule has 0 aliphatic carbocycles. The first kappa shape index (κ1) is 7.78. The molecule has 0 radical (unpaired) electrons. The van der Waals surface area contributed by atoms with Crippen LogP contribution in [-0.4, -0.2) is 15.5 Å². The quantitative estimate of drug-likeness (QED) is 0.654. The maximum Gasteiger partial charge on any atom is 0.269 e. The third-order valence-electron chi connectivity index (χ3n) is 1.63. The number of hydrogen-bond acceptors (Lipinski definition) is 2. The number of imidazole rings is 1. The van der Waals surface area contributed by atoms with Gasteiger partial charge in [-0.05, 0) is 6.42 Å². The lowest BCUT2D eigenvalue weighted by molar-refractivity contribution is 0.0995. The summed E-state index contributed by atoms with van der Waals surface area (Å²) < 4.78 is 1.81. The number of aromatic nitrogens is 2. The maximum atomic E-state index is 10.7. The van der Waals surface area contributed by atoms with Crippen LogP contribution in [0.25, 0.3) is 0 Å². The fourth-order valence-corrected chi connectivity index (χ4v) is 1.08. The van der Waals surface area contributed by atoms with Crippen LogP contribution in [0.4, 0.5) is 0 Å². The number of nitrogens with two attached hydrogens (primary N) is 1. The van der Waals surface area contributed by atoms with Crippen molar-refractivity contribution in [2.45, 2.75) is 13.3 Å². The highest BCUT2D eigenvalue weighted by atomic mass is 16.1. The summed E-state index contributed by atoms with van der Waals surface area (Å²) in [6.07, 6.45) is 2.37. The second-order valence-electron chi connectivity index (χ2n) is 2.37. The van der Waals surface area contributed by atoms with Gasteiger partial charge in [0.15, 0.2) is 0 Å². The first-order valence-corrected chi connectivity index (χ1v) is 3.46. The Morgan fingerprint density at radius 1 is 1.82 bits per heavy atom. The molecule has 0 atom stereocenters. The zero-order chi connectivity index (χ0) is 8.43. The molecule has 0 saturated carbocycles. The van der Waals surface area contributed by atoms with E-state index in [0.29, 0.717) is 5.69 Å². The number of carbonyl (C=O) groups excluding carboxylic acids is 1. The standard InChI is InChI=1S/C7H11N3O/c1-3-5-6(7(8)11)9-4-10(5)2/h4H,3H2,1-2H3,(H2,8,11). The second-order valence-corrected chi connectivity index (χ2v) is 2.37. The predicted molar refractivity (Wildman–Crippen MR) is 41.1 cm³/mol. The highest BCUT2D eigenvalue weighted by molar-refractivity contribution is 5.91. The molecular weight excluding hydrogens is 142 g/mol. The van der Waals surface area contributed by atoms with Crippen LogP contribution in [0.3, 0.4) is 0 Å². The minimum Gasteiger partial charge on any atom is -0.364 e. The highest BCUT2D eigenvalue weighted by Gasteiger charge is 2.10. The molecule has 1 heterocycles. The van der Waals surface area contributed by atoms with Gasteiger partial charge >= 0.3 is 0 Å². The number of primary amides is 1. The molecule has 0 bridgehead atoms. The lowest BCUT2D eigenvalue weighted by Crippen LogP contribution is -2.14. The van der Waals surface area contributed by atoms with E-state index in [1.54, 1.807) is 10.9 Å². The van der Waals surface area contributed by atoms with Gasteiger partial charge in [0.25, 0.3) is 5.91 Å². The SMILES string of the molecule is CCc1c(C(N)=O)ncn1C. The van der Waals surface area contributed by atoms with E-state index in [0.717, 1.165) is 12.1 Å². The van der Waals surface area contributed by atoms with Crippen molar-refractivity contribution >= 4 is 5.91 Å². The Labute approximate surface area is 65.0 Å². The van der Waals surface area contributed by atoms with Gasteiger partial charge in [0.05, 0.1) is 6.33 Å². The smallest absolute Gasteiger partial charge is 0.269 e. The average Bonchev–Trinajstić information content (AvgIpc) is 2.30. The fraction of sp³-hybridized carbons (Fsp3) is 0.429. The van der Waals surface area contributed by atoms with Gasteiger partial charge in [0.2, 0.25) is 0 Å². The Bertz CT molecular complexity index is 277. The van der Waals surface area contributed by atoms with E-state index in [1.165, 1.54) is 0 Å². The molecule has 4 heteroatoms. The van der Waals surface area contributed by atoms with Crippen LogP contribution in [0.2, 0.25) is 0 Å². The summed E-state index contributed by atoms with van der Waals surface area (Å²) in [5.74, 6) is -0.456. The fourth-order valence-electron chi connectivity index (χ4n) is 1.08. The molecule has 2 N–H and O–H groups in total. The number of hydrogen-bond donors (Lipinski definition) is 1. The molecule has 1 amide bonds. The van der Waals surface area contributed by atoms with E-state index in [1.807, 2.05) is 14.0 Å². The van der Waals surface area contributed by atoms with Crippen molar-refractivity contribution in [2.24, 2.45) is 12.8 Å². The third kappa shape index (κ3) is 1.24. The number of nitrogens with zero attached hydrogens (tertiary/aromatic N) is 2. The molecule has 0 aliphatic rings. The Kier molecular flexibility index (Phi) is 1.94. The number of rotatable bonds is 2. The van der Waals surface area contributed by atoms with Gasteiger partial charge in [-0.25, -0.2) is 4.98 Å². The van der Waals surface area contributed by atoms with E-state index in [-0.39, 0.29) is 0 Å². The van der Waals surface area contributed by atoms with E-state index in [9.17, 15) is 4.79 Å². The molecule has 0 aliphatic heterocycles. The zero-order valence-electron chi connectivity index (χ0n) is 6.66. The van der Waals surface area contributed by atoms with Crippen molar-refractivity contribution in [2.75, 3.05) is 0 Å². The molecule has 0 saturated heterocycles. The van der Waals surface area contributed by atoms with E-state index in [2.05, 4.69) is 4.98 Å². The lowest BCUT2D eigenvalue weighted by atomic mass is 10.2. The summed E-state index contributed by atoms with van der Waals surface area (Å²) in [7, 11) is 1.85. The monoisotopic (exact) mass is 153 g/mol. The minimum atomic E-state index is -0.456. The van der Waals surface area contributed by atoms with Gasteiger partial charge in [0, 0.05) is 12.7 Å². The summed E-state index contributed by atoms with van der Waals surface area (Å²) in [5, 5.41) is 0. The third-order valence-corrected chi connectivity index (χ3v) is 1.63. The van der Waals surface area contributed by atoms with Crippen LogP contribution in [-0.2, 0) is 13.5 Å². The van der Waals surface area contributed by atoms with Crippen molar-refractivity contribution in [1.82, 2.24) is 9.55 Å². The molecule has 0 aromatic carbocycles. The zero-order valence-corrected chi connectivity index (χ0v) is 6.66. The van der Waals surface area contributed by atoms with Crippen molar-refractivity contribution in [1.29, 1.82) is 0 Å². The Hall–Kier alpha value is -1.32. The summed E-state index contributed by atoms with van der Waals surface area (Å²) in [4.78, 5) is 14.6. The van der Waals surface area contributed by atoms with Gasteiger partial charge in [-0.15, -0.1) is 0 Å². The van der Waals surface area contributed by atoms with Crippen LogP contribution in [0.15, 0.2) is 6.33 Å². The van der Waals surface area contributed by atoms with Crippen molar-refractivity contribution < 1.29 is 4.79 Å². The van der Waals surface area contributed by atoms with E-state index in [4.69, 9.17) is 5.73 Å². The first-order valence-electron chi connectivity index (χ1n) is 3.46. The number of aryl methyl sites for hydroxylation is 1. The van der Waals surface area contributed by atoms with Gasteiger partial charge in [-0.3, -0.25) is 4.79 Å². The molecule has 1 rings (SSSR count). The molecule has 0 unspecified atom stereocenters. The Balaban J connectivity index is 3.15. The minimum absolute atomic E-state index is 0.384. The van der Waals surface area contributed by atoms with Crippen LogP contribution in [0.1, 0.15) is 23.1 Å². The van der Waals surface area contributed by atoms with Crippen LogP contribution >= 0.6 is 0 Å². The van der Waals surface area contributed by atoms with Crippen molar-refractivity contribution in [3.63, 3.8) is 0 Å². The topological polar surface area (TPSA) is 60.9 Å². The van der Waals surface area contributed by atoms with Gasteiger partial charge in [0.1, 0.15) is 5.69 Å². The largest absolute Gasteiger partial charge is 0.364 e. The second kappa shape index (κ2) is 2.74. The molecule has 1 aromatic rings. The summed E-state index contributed by atoms with van der Waals surface area (Å²) in [6, 6.07) is 0. The van der Waals surface area contributed by atoms with Crippen molar-refractivity contribution in [3.8, 4) is 0 Å². The van der Waals surface area contributed by atoms with Gasteiger partial charge in [-0.1, -0.05) is 6.92 Å². The van der Waals surface area contributed by atoms with Crippen LogP contribution in [0, 0.1) is 0 Å². The Morgan fingerprint density at radius 3 is 2.82 bits per heavy atom. The first-order chi connectivity index (χ1) is 5.16. The van der Waals surface area contributed by atoms with E-state index < -0.39 is 5.91 Å². The lowest BCUT2D eigenvalue weighted by Gasteiger charge is -1.98. The summed E-state index contributed by atoms with van der Waals surface area (Å²) >= 11 is 0. The van der Waals surface area contributed by atoms with Crippen molar-refractivity contribution in [3.05, 3.63) is 17.7 Å². The molecule has 0 fully saturated rings. The van der Waals surface area contributed by atoms with Gasteiger partial charge < -0.3 is 10.3 Å². The maximum absolute atomic E-state index is 10.7. The predicted octanol–water partition coefficient (Wildman–Crippen LogP) is 0.0814. The molecule has 4 nitrogen and oxygen atoms in total. The normalized spacial score (nSPS) is 10.0. The van der Waals surface area contributed by atoms with Gasteiger partial charge in [-0.2, -0.15) is 0 Å².